The van der Waals surface area contributed by atoms with Crippen molar-refractivity contribution in [2.24, 2.45) is 0 Å². The van der Waals surface area contributed by atoms with E-state index in [4.69, 9.17) is 0 Å². The van der Waals surface area contributed by atoms with Gasteiger partial charge in [0.05, 0.1) is 23.3 Å². The van der Waals surface area contributed by atoms with Crippen molar-refractivity contribution in [3.05, 3.63) is 66.7 Å². The first-order valence-electron chi connectivity index (χ1n) is 6.13. The van der Waals surface area contributed by atoms with Crippen LogP contribution in [0.25, 0.3) is 22.5 Å². The Balaban J connectivity index is 1.93. The van der Waals surface area contributed by atoms with Crippen LogP contribution in [0, 0.1) is 6.92 Å². The van der Waals surface area contributed by atoms with Gasteiger partial charge in [-0.05, 0) is 19.1 Å². The molecule has 1 aromatic carbocycles. The van der Waals surface area contributed by atoms with Crippen molar-refractivity contribution >= 4 is 0 Å². The van der Waals surface area contributed by atoms with Gasteiger partial charge in [-0.25, -0.2) is 0 Å². The first-order chi connectivity index (χ1) is 9.33. The fourth-order valence-electron chi connectivity index (χ4n) is 1.89. The summed E-state index contributed by atoms with van der Waals surface area (Å²) < 4.78 is 0. The van der Waals surface area contributed by atoms with Gasteiger partial charge in [0.2, 0.25) is 0 Å². The fraction of sp³-hybridized carbons (Fsp3) is 0.0625. The van der Waals surface area contributed by atoms with E-state index in [0.29, 0.717) is 0 Å². The second kappa shape index (κ2) is 4.98. The highest BCUT2D eigenvalue weighted by Crippen LogP contribution is 2.21. The summed E-state index contributed by atoms with van der Waals surface area (Å²) in [7, 11) is 0. The van der Waals surface area contributed by atoms with Crippen LogP contribution in [0.4, 0.5) is 0 Å². The number of pyridine rings is 1. The van der Waals surface area contributed by atoms with Gasteiger partial charge in [-0.1, -0.05) is 30.3 Å². The standard InChI is InChI=1S/C16H13N3/c1-12-10-19-16(11-18-12)14-7-5-13(6-8-14)15-4-2-3-9-17-15/h2-11H,1H3. The minimum atomic E-state index is 0.887. The maximum atomic E-state index is 4.37. The maximum absolute atomic E-state index is 4.37. The Kier molecular flexibility index (Phi) is 3.02. The van der Waals surface area contributed by atoms with Gasteiger partial charge in [-0.2, -0.15) is 0 Å². The van der Waals surface area contributed by atoms with Gasteiger partial charge in [-0.15, -0.1) is 0 Å². The molecule has 0 aliphatic carbocycles. The Labute approximate surface area is 112 Å². The molecule has 2 heterocycles. The van der Waals surface area contributed by atoms with E-state index in [9.17, 15) is 0 Å². The zero-order valence-electron chi connectivity index (χ0n) is 10.6. The molecule has 0 radical (unpaired) electrons. The van der Waals surface area contributed by atoms with E-state index in [1.54, 1.807) is 18.6 Å². The quantitative estimate of drug-likeness (QED) is 0.695. The van der Waals surface area contributed by atoms with E-state index < -0.39 is 0 Å². The molecular formula is C16H13N3. The molecule has 3 rings (SSSR count). The van der Waals surface area contributed by atoms with E-state index in [1.807, 2.05) is 37.3 Å². The Hall–Kier alpha value is -2.55. The first-order valence-corrected chi connectivity index (χ1v) is 6.13. The number of benzene rings is 1. The lowest BCUT2D eigenvalue weighted by atomic mass is 10.1. The molecule has 3 heteroatoms. The molecule has 19 heavy (non-hydrogen) atoms. The van der Waals surface area contributed by atoms with Gasteiger partial charge in [0, 0.05) is 23.5 Å². The summed E-state index contributed by atoms with van der Waals surface area (Å²) in [5.41, 5.74) is 4.95. The van der Waals surface area contributed by atoms with Gasteiger partial charge in [-0.3, -0.25) is 15.0 Å². The molecule has 0 aliphatic rings. The van der Waals surface area contributed by atoms with Crippen LogP contribution in [0.2, 0.25) is 0 Å². The zero-order chi connectivity index (χ0) is 13.1. The summed E-state index contributed by atoms with van der Waals surface area (Å²) >= 11 is 0. The number of rotatable bonds is 2. The van der Waals surface area contributed by atoms with Gasteiger partial charge in [0.15, 0.2) is 0 Å². The molecular weight excluding hydrogens is 234 g/mol. The van der Waals surface area contributed by atoms with Crippen molar-refractivity contribution in [1.82, 2.24) is 15.0 Å². The predicted octanol–water partition coefficient (Wildman–Crippen LogP) is 3.51. The Morgan fingerprint density at radius 3 is 2.00 bits per heavy atom. The lowest BCUT2D eigenvalue weighted by Crippen LogP contribution is -1.88. The van der Waals surface area contributed by atoms with Crippen molar-refractivity contribution < 1.29 is 0 Å². The molecule has 0 amide bonds. The molecule has 0 saturated heterocycles. The first kappa shape index (κ1) is 11.5. The van der Waals surface area contributed by atoms with E-state index >= 15 is 0 Å². The Bertz CT molecular complexity index is 659. The van der Waals surface area contributed by atoms with Crippen molar-refractivity contribution in [3.8, 4) is 22.5 Å². The van der Waals surface area contributed by atoms with Gasteiger partial charge < -0.3 is 0 Å². The van der Waals surface area contributed by atoms with Crippen LogP contribution in [-0.2, 0) is 0 Å². The average molecular weight is 247 g/mol. The highest BCUT2D eigenvalue weighted by atomic mass is 14.8. The zero-order valence-corrected chi connectivity index (χ0v) is 10.6. The summed E-state index contributed by atoms with van der Waals surface area (Å²) in [6.45, 7) is 1.93. The molecule has 2 aromatic heterocycles. The average Bonchev–Trinajstić information content (AvgIpc) is 2.49. The third-order valence-corrected chi connectivity index (χ3v) is 2.92. The molecule has 3 nitrogen and oxygen atoms in total. The summed E-state index contributed by atoms with van der Waals surface area (Å²) in [6.07, 6.45) is 5.38. The second-order valence-electron chi connectivity index (χ2n) is 4.34. The number of aromatic nitrogens is 3. The molecule has 3 aromatic rings. The number of hydrogen-bond donors (Lipinski definition) is 0. The van der Waals surface area contributed by atoms with E-state index in [0.717, 1.165) is 28.2 Å². The van der Waals surface area contributed by atoms with Gasteiger partial charge in [0.1, 0.15) is 0 Å². The molecule has 0 aliphatic heterocycles. The molecule has 0 spiro atoms. The summed E-state index contributed by atoms with van der Waals surface area (Å²) in [5, 5.41) is 0. The van der Waals surface area contributed by atoms with E-state index in [2.05, 4.69) is 27.1 Å². The smallest absolute Gasteiger partial charge is 0.0885 e. The summed E-state index contributed by atoms with van der Waals surface area (Å²) in [6, 6.07) is 14.1. The van der Waals surface area contributed by atoms with Crippen LogP contribution in [-0.4, -0.2) is 15.0 Å². The number of nitrogens with zero attached hydrogens (tertiary/aromatic N) is 3. The third kappa shape index (κ3) is 2.50. The van der Waals surface area contributed by atoms with Crippen LogP contribution in [0.5, 0.6) is 0 Å². The Morgan fingerprint density at radius 1 is 0.684 bits per heavy atom. The largest absolute Gasteiger partial charge is 0.258 e. The monoisotopic (exact) mass is 247 g/mol. The molecule has 92 valence electrons. The highest BCUT2D eigenvalue weighted by Gasteiger charge is 2.02. The van der Waals surface area contributed by atoms with Crippen LogP contribution in [0.15, 0.2) is 61.1 Å². The van der Waals surface area contributed by atoms with E-state index in [-0.39, 0.29) is 0 Å². The second-order valence-corrected chi connectivity index (χ2v) is 4.34. The minimum absolute atomic E-state index is 0.887. The summed E-state index contributed by atoms with van der Waals surface area (Å²) in [5.74, 6) is 0. The van der Waals surface area contributed by atoms with Crippen LogP contribution < -0.4 is 0 Å². The Morgan fingerprint density at radius 2 is 1.42 bits per heavy atom. The molecule has 0 saturated carbocycles. The highest BCUT2D eigenvalue weighted by molar-refractivity contribution is 5.66. The van der Waals surface area contributed by atoms with Crippen molar-refractivity contribution in [3.63, 3.8) is 0 Å². The van der Waals surface area contributed by atoms with E-state index in [1.165, 1.54) is 0 Å². The maximum Gasteiger partial charge on any atom is 0.0885 e. The SMILES string of the molecule is Cc1cnc(-c2ccc(-c3ccccn3)cc2)cn1. The van der Waals surface area contributed by atoms with Gasteiger partial charge >= 0.3 is 0 Å². The predicted molar refractivity (Wildman–Crippen MR) is 75.4 cm³/mol. The topological polar surface area (TPSA) is 38.7 Å². The lowest BCUT2D eigenvalue weighted by Gasteiger charge is -2.03. The van der Waals surface area contributed by atoms with Crippen LogP contribution >= 0.6 is 0 Å². The molecule has 0 bridgehead atoms. The van der Waals surface area contributed by atoms with Crippen LogP contribution in [0.3, 0.4) is 0 Å². The molecule has 0 unspecified atom stereocenters. The fourth-order valence-corrected chi connectivity index (χ4v) is 1.89. The molecule has 0 fully saturated rings. The molecule has 0 atom stereocenters. The number of aryl methyl sites for hydroxylation is 1. The van der Waals surface area contributed by atoms with Crippen molar-refractivity contribution in [2.75, 3.05) is 0 Å². The van der Waals surface area contributed by atoms with Gasteiger partial charge in [0.25, 0.3) is 0 Å². The van der Waals surface area contributed by atoms with Crippen molar-refractivity contribution in [1.29, 1.82) is 0 Å². The van der Waals surface area contributed by atoms with Crippen LogP contribution in [0.1, 0.15) is 5.69 Å². The summed E-state index contributed by atoms with van der Waals surface area (Å²) in [4.78, 5) is 13.0. The minimum Gasteiger partial charge on any atom is -0.258 e. The van der Waals surface area contributed by atoms with Crippen molar-refractivity contribution in [2.45, 2.75) is 6.92 Å². The molecule has 0 N–H and O–H groups in total. The lowest BCUT2D eigenvalue weighted by molar-refractivity contribution is 1.12. The third-order valence-electron chi connectivity index (χ3n) is 2.92. The normalized spacial score (nSPS) is 10.4. The number of hydrogen-bond acceptors (Lipinski definition) is 3.